The van der Waals surface area contributed by atoms with Crippen molar-refractivity contribution in [2.24, 2.45) is 0 Å². The molecule has 0 aliphatic heterocycles. The summed E-state index contributed by atoms with van der Waals surface area (Å²) in [5.41, 5.74) is 6.40. The van der Waals surface area contributed by atoms with Gasteiger partial charge in [0, 0.05) is 5.69 Å². The van der Waals surface area contributed by atoms with E-state index in [1.165, 1.54) is 5.56 Å². The van der Waals surface area contributed by atoms with Crippen LogP contribution in [0, 0.1) is 13.8 Å². The lowest BCUT2D eigenvalue weighted by molar-refractivity contribution is -0.121. The lowest BCUT2D eigenvalue weighted by Crippen LogP contribution is -2.37. The number of hydrogen-bond acceptors (Lipinski definition) is 5. The van der Waals surface area contributed by atoms with Gasteiger partial charge in [-0.3, -0.25) is 10.1 Å². The zero-order chi connectivity index (χ0) is 24.2. The highest BCUT2D eigenvalue weighted by Gasteiger charge is 2.12. The molecular formula is C26H27N5O2S. The van der Waals surface area contributed by atoms with Crippen molar-refractivity contribution in [2.45, 2.75) is 33.6 Å². The Labute approximate surface area is 204 Å². The standard InChI is InChI=1S/C26H27N5O2S/c1-16(2)19-8-10-20(11-9-19)31-29-23-13-18(4)22(14-24(23)30-31)27-26(34)28-25(32)15-33-21-7-5-6-17(3)12-21/h5-14,16H,15H2,1-4H3,(H2,27,28,32,34). The monoisotopic (exact) mass is 473 g/mol. The molecule has 0 bridgehead atoms. The predicted octanol–water partition coefficient (Wildman–Crippen LogP) is 5.05. The summed E-state index contributed by atoms with van der Waals surface area (Å²) in [7, 11) is 0. The average molecular weight is 474 g/mol. The summed E-state index contributed by atoms with van der Waals surface area (Å²) < 4.78 is 5.53. The molecule has 1 aromatic heterocycles. The van der Waals surface area contributed by atoms with Crippen molar-refractivity contribution < 1.29 is 9.53 Å². The number of ether oxygens (including phenoxy) is 1. The van der Waals surface area contributed by atoms with Gasteiger partial charge in [-0.05, 0) is 85.1 Å². The van der Waals surface area contributed by atoms with Gasteiger partial charge >= 0.3 is 0 Å². The molecule has 7 nitrogen and oxygen atoms in total. The first-order valence-electron chi connectivity index (χ1n) is 11.1. The fourth-order valence-corrected chi connectivity index (χ4v) is 3.70. The summed E-state index contributed by atoms with van der Waals surface area (Å²) >= 11 is 5.32. The molecule has 34 heavy (non-hydrogen) atoms. The van der Waals surface area contributed by atoms with E-state index in [0.717, 1.165) is 33.5 Å². The number of fused-ring (bicyclic) bond motifs is 1. The summed E-state index contributed by atoms with van der Waals surface area (Å²) in [4.78, 5) is 13.9. The van der Waals surface area contributed by atoms with E-state index in [1.54, 1.807) is 10.9 Å². The van der Waals surface area contributed by atoms with Crippen molar-refractivity contribution in [1.82, 2.24) is 20.3 Å². The van der Waals surface area contributed by atoms with Crippen LogP contribution in [0.4, 0.5) is 5.69 Å². The second kappa shape index (κ2) is 10.0. The number of aryl methyl sites for hydroxylation is 2. The van der Waals surface area contributed by atoms with Crippen molar-refractivity contribution in [3.8, 4) is 11.4 Å². The van der Waals surface area contributed by atoms with Gasteiger partial charge in [-0.2, -0.15) is 4.80 Å². The first-order valence-corrected chi connectivity index (χ1v) is 11.5. The van der Waals surface area contributed by atoms with Crippen LogP contribution < -0.4 is 15.4 Å². The van der Waals surface area contributed by atoms with Gasteiger partial charge < -0.3 is 10.1 Å². The summed E-state index contributed by atoms with van der Waals surface area (Å²) in [6.07, 6.45) is 0. The number of hydrogen-bond donors (Lipinski definition) is 2. The number of thiocarbonyl (C=S) groups is 1. The molecule has 4 rings (SSSR count). The lowest BCUT2D eigenvalue weighted by atomic mass is 10.0. The summed E-state index contributed by atoms with van der Waals surface area (Å²) in [5.74, 6) is 0.763. The number of rotatable bonds is 6. The van der Waals surface area contributed by atoms with Crippen LogP contribution in [0.1, 0.15) is 36.5 Å². The van der Waals surface area contributed by atoms with Crippen molar-refractivity contribution >= 4 is 40.0 Å². The second-order valence-corrected chi connectivity index (χ2v) is 8.91. The minimum Gasteiger partial charge on any atom is -0.484 e. The molecule has 0 spiro atoms. The van der Waals surface area contributed by atoms with Gasteiger partial charge in [0.2, 0.25) is 0 Å². The summed E-state index contributed by atoms with van der Waals surface area (Å²) in [5, 5.41) is 15.1. The molecule has 0 aliphatic rings. The largest absolute Gasteiger partial charge is 0.484 e. The van der Waals surface area contributed by atoms with Crippen LogP contribution in [-0.4, -0.2) is 32.6 Å². The average Bonchev–Trinajstić information content (AvgIpc) is 3.20. The topological polar surface area (TPSA) is 81.1 Å². The van der Waals surface area contributed by atoms with Gasteiger partial charge in [-0.1, -0.05) is 38.1 Å². The van der Waals surface area contributed by atoms with Crippen LogP contribution in [0.5, 0.6) is 5.75 Å². The van der Waals surface area contributed by atoms with Crippen molar-refractivity contribution in [3.63, 3.8) is 0 Å². The first kappa shape index (κ1) is 23.4. The zero-order valence-corrected chi connectivity index (χ0v) is 20.4. The quantitative estimate of drug-likeness (QED) is 0.381. The maximum absolute atomic E-state index is 12.2. The summed E-state index contributed by atoms with van der Waals surface area (Å²) in [6, 6.07) is 19.6. The summed E-state index contributed by atoms with van der Waals surface area (Å²) in [6.45, 7) is 8.11. The third-order valence-corrected chi connectivity index (χ3v) is 5.58. The highest BCUT2D eigenvalue weighted by Crippen LogP contribution is 2.23. The molecule has 4 aromatic rings. The molecule has 1 amide bonds. The number of amides is 1. The third-order valence-electron chi connectivity index (χ3n) is 5.38. The molecule has 3 aromatic carbocycles. The number of carbonyl (C=O) groups is 1. The minimum atomic E-state index is -0.339. The molecule has 174 valence electrons. The van der Waals surface area contributed by atoms with E-state index in [4.69, 9.17) is 17.0 Å². The van der Waals surface area contributed by atoms with Crippen LogP contribution in [-0.2, 0) is 4.79 Å². The fourth-order valence-electron chi connectivity index (χ4n) is 3.48. The van der Waals surface area contributed by atoms with Crippen molar-refractivity contribution in [1.29, 1.82) is 0 Å². The Morgan fingerprint density at radius 1 is 1.03 bits per heavy atom. The fraction of sp³-hybridized carbons (Fsp3) is 0.231. The smallest absolute Gasteiger partial charge is 0.264 e. The Bertz CT molecular complexity index is 1350. The number of nitrogens with one attached hydrogen (secondary N) is 2. The lowest BCUT2D eigenvalue weighted by Gasteiger charge is -2.12. The molecular weight excluding hydrogens is 446 g/mol. The van der Waals surface area contributed by atoms with Crippen molar-refractivity contribution in [3.05, 3.63) is 77.4 Å². The molecule has 0 unspecified atom stereocenters. The van der Waals surface area contributed by atoms with E-state index in [0.29, 0.717) is 11.7 Å². The Kier molecular flexibility index (Phi) is 6.88. The minimum absolute atomic E-state index is 0.132. The van der Waals surface area contributed by atoms with Crippen LogP contribution in [0.3, 0.4) is 0 Å². The SMILES string of the molecule is Cc1cccc(OCC(=O)NC(=S)Nc2cc3nn(-c4ccc(C(C)C)cc4)nc3cc2C)c1. The van der Waals surface area contributed by atoms with Crippen LogP contribution in [0.15, 0.2) is 60.7 Å². The Hall–Kier alpha value is -3.78. The molecule has 2 N–H and O–H groups in total. The molecule has 1 heterocycles. The van der Waals surface area contributed by atoms with Crippen molar-refractivity contribution in [2.75, 3.05) is 11.9 Å². The molecule has 8 heteroatoms. The normalized spacial score (nSPS) is 11.0. The van der Waals surface area contributed by atoms with E-state index in [-0.39, 0.29) is 17.6 Å². The molecule has 0 fully saturated rings. The molecule has 0 radical (unpaired) electrons. The zero-order valence-electron chi connectivity index (χ0n) is 19.6. The Balaban J connectivity index is 1.41. The van der Waals surface area contributed by atoms with Gasteiger partial charge in [0.25, 0.3) is 5.91 Å². The molecule has 0 saturated carbocycles. The van der Waals surface area contributed by atoms with Crippen LogP contribution in [0.2, 0.25) is 0 Å². The molecule has 0 aliphatic carbocycles. The highest BCUT2D eigenvalue weighted by molar-refractivity contribution is 7.80. The third kappa shape index (κ3) is 5.58. The van der Waals surface area contributed by atoms with Crippen LogP contribution >= 0.6 is 12.2 Å². The maximum Gasteiger partial charge on any atom is 0.264 e. The van der Waals surface area contributed by atoms with E-state index < -0.39 is 0 Å². The molecule has 0 saturated heterocycles. The van der Waals surface area contributed by atoms with E-state index >= 15 is 0 Å². The first-order chi connectivity index (χ1) is 16.3. The number of benzene rings is 3. The van der Waals surface area contributed by atoms with E-state index in [9.17, 15) is 4.79 Å². The van der Waals surface area contributed by atoms with Crippen LogP contribution in [0.25, 0.3) is 16.7 Å². The van der Waals surface area contributed by atoms with Gasteiger partial charge in [-0.15, -0.1) is 10.2 Å². The van der Waals surface area contributed by atoms with E-state index in [2.05, 4.69) is 46.8 Å². The highest BCUT2D eigenvalue weighted by atomic mass is 32.1. The number of aromatic nitrogens is 3. The maximum atomic E-state index is 12.2. The van der Waals surface area contributed by atoms with Gasteiger partial charge in [0.1, 0.15) is 16.8 Å². The van der Waals surface area contributed by atoms with E-state index in [1.807, 2.05) is 56.3 Å². The van der Waals surface area contributed by atoms with Gasteiger partial charge in [-0.25, -0.2) is 0 Å². The number of carbonyl (C=O) groups excluding carboxylic acids is 1. The molecule has 0 atom stereocenters. The van der Waals surface area contributed by atoms with Gasteiger partial charge in [0.05, 0.1) is 5.69 Å². The predicted molar refractivity (Wildman–Crippen MR) is 139 cm³/mol. The number of nitrogens with zero attached hydrogens (tertiary/aromatic N) is 3. The second-order valence-electron chi connectivity index (χ2n) is 8.50. The van der Waals surface area contributed by atoms with Gasteiger partial charge in [0.15, 0.2) is 11.7 Å². The Morgan fingerprint density at radius 2 is 1.74 bits per heavy atom. The Morgan fingerprint density at radius 3 is 2.41 bits per heavy atom. The number of anilines is 1.